The maximum Gasteiger partial charge on any atom is 0.320 e. The van der Waals surface area contributed by atoms with Crippen molar-refractivity contribution in [3.63, 3.8) is 0 Å². The first-order valence-corrected chi connectivity index (χ1v) is 3.85. The van der Waals surface area contributed by atoms with E-state index in [2.05, 4.69) is 14.7 Å². The summed E-state index contributed by atoms with van der Waals surface area (Å²) in [6, 6.07) is 0. The average molecular weight is 175 g/mol. The van der Waals surface area contributed by atoms with Crippen molar-refractivity contribution >= 4 is 11.6 Å². The van der Waals surface area contributed by atoms with Gasteiger partial charge in [-0.05, 0) is 24.4 Å². The summed E-state index contributed by atoms with van der Waals surface area (Å²) in [5.41, 5.74) is 0. The smallest absolute Gasteiger partial charge is 0.320 e. The second-order valence-corrected chi connectivity index (χ2v) is 2.73. The third kappa shape index (κ3) is 1.36. The van der Waals surface area contributed by atoms with Crippen LogP contribution >= 0.6 is 11.6 Å². The Morgan fingerprint density at radius 3 is 3.00 bits per heavy atom. The van der Waals surface area contributed by atoms with E-state index in [1.165, 1.54) is 0 Å². The second kappa shape index (κ2) is 2.79. The number of ether oxygens (including phenoxy) is 1. The number of aromatic nitrogens is 2. The fraction of sp³-hybridized carbons (Fsp3) is 0.667. The molecule has 0 aromatic carbocycles. The Bertz CT molecular complexity index is 244. The van der Waals surface area contributed by atoms with Crippen molar-refractivity contribution in [1.82, 2.24) is 10.1 Å². The third-order valence-corrected chi connectivity index (χ3v) is 1.79. The highest BCUT2D eigenvalue weighted by molar-refractivity contribution is 6.27. The van der Waals surface area contributed by atoms with Crippen LogP contribution in [0.15, 0.2) is 4.52 Å². The molecule has 0 bridgehead atoms. The van der Waals surface area contributed by atoms with E-state index in [4.69, 9.17) is 16.3 Å². The molecule has 0 saturated carbocycles. The molecule has 2 heterocycles. The fourth-order valence-corrected chi connectivity index (χ4v) is 1.25. The van der Waals surface area contributed by atoms with Crippen LogP contribution in [0.1, 0.15) is 24.8 Å². The molecule has 1 aliphatic heterocycles. The van der Waals surface area contributed by atoms with Gasteiger partial charge in [-0.25, -0.2) is 0 Å². The van der Waals surface area contributed by atoms with E-state index in [0.29, 0.717) is 5.82 Å². The Labute approximate surface area is 68.5 Å². The molecule has 1 saturated heterocycles. The van der Waals surface area contributed by atoms with E-state index in [1.807, 2.05) is 0 Å². The Morgan fingerprint density at radius 2 is 2.45 bits per heavy atom. The van der Waals surface area contributed by atoms with E-state index in [0.717, 1.165) is 19.4 Å². The molecule has 0 aliphatic carbocycles. The Kier molecular flexibility index (Phi) is 1.79. The lowest BCUT2D eigenvalue weighted by molar-refractivity contribution is 0.103. The van der Waals surface area contributed by atoms with Crippen LogP contribution in [0.5, 0.6) is 0 Å². The molecule has 1 aromatic rings. The molecule has 11 heavy (non-hydrogen) atoms. The lowest BCUT2D eigenvalue weighted by Gasteiger charge is -2.00. The lowest BCUT2D eigenvalue weighted by Crippen LogP contribution is -1.97. The first-order chi connectivity index (χ1) is 5.36. The Hall–Kier alpha value is -0.610. The SMILES string of the molecule is Clc1nc(C2CCCO2)no1. The predicted octanol–water partition coefficient (Wildman–Crippen LogP) is 1.57. The topological polar surface area (TPSA) is 48.2 Å². The summed E-state index contributed by atoms with van der Waals surface area (Å²) in [7, 11) is 0. The van der Waals surface area contributed by atoms with E-state index in [9.17, 15) is 0 Å². The number of halogens is 1. The number of hydrogen-bond acceptors (Lipinski definition) is 4. The van der Waals surface area contributed by atoms with Gasteiger partial charge >= 0.3 is 5.35 Å². The van der Waals surface area contributed by atoms with E-state index < -0.39 is 0 Å². The van der Waals surface area contributed by atoms with Crippen molar-refractivity contribution in [2.45, 2.75) is 18.9 Å². The summed E-state index contributed by atoms with van der Waals surface area (Å²) in [5.74, 6) is 0.563. The number of rotatable bonds is 1. The molecule has 1 fully saturated rings. The molecule has 0 radical (unpaired) electrons. The zero-order valence-electron chi connectivity index (χ0n) is 5.79. The normalized spacial score (nSPS) is 24.3. The molecule has 5 heteroatoms. The maximum atomic E-state index is 5.44. The van der Waals surface area contributed by atoms with Crippen LogP contribution in [0.3, 0.4) is 0 Å². The number of nitrogens with zero attached hydrogens (tertiary/aromatic N) is 2. The van der Waals surface area contributed by atoms with Crippen molar-refractivity contribution in [3.8, 4) is 0 Å². The number of hydrogen-bond donors (Lipinski definition) is 0. The molecule has 1 aromatic heterocycles. The van der Waals surface area contributed by atoms with Crippen LogP contribution in [-0.4, -0.2) is 16.7 Å². The molecule has 4 nitrogen and oxygen atoms in total. The van der Waals surface area contributed by atoms with Crippen LogP contribution in [0.4, 0.5) is 0 Å². The van der Waals surface area contributed by atoms with Gasteiger partial charge in [0.05, 0.1) is 0 Å². The van der Waals surface area contributed by atoms with Crippen LogP contribution in [0, 0.1) is 0 Å². The monoisotopic (exact) mass is 174 g/mol. The minimum absolute atomic E-state index is 0.00810. The molecule has 0 spiro atoms. The van der Waals surface area contributed by atoms with Gasteiger partial charge in [-0.2, -0.15) is 4.98 Å². The predicted molar refractivity (Wildman–Crippen MR) is 37.2 cm³/mol. The zero-order valence-corrected chi connectivity index (χ0v) is 6.54. The molecule has 60 valence electrons. The van der Waals surface area contributed by atoms with Crippen molar-refractivity contribution in [3.05, 3.63) is 11.2 Å². The van der Waals surface area contributed by atoms with Gasteiger partial charge in [0.15, 0.2) is 0 Å². The third-order valence-electron chi connectivity index (χ3n) is 1.63. The highest BCUT2D eigenvalue weighted by Crippen LogP contribution is 2.26. The van der Waals surface area contributed by atoms with Crippen LogP contribution < -0.4 is 0 Å². The summed E-state index contributed by atoms with van der Waals surface area (Å²) in [6.07, 6.45) is 2.00. The van der Waals surface area contributed by atoms with Gasteiger partial charge in [0.1, 0.15) is 6.10 Å². The summed E-state index contributed by atoms with van der Waals surface area (Å²) >= 11 is 5.44. The first-order valence-electron chi connectivity index (χ1n) is 3.47. The van der Waals surface area contributed by atoms with Gasteiger partial charge < -0.3 is 9.26 Å². The Balaban J connectivity index is 2.15. The standard InChI is InChI=1S/C6H7ClN2O2/c7-6-8-5(9-11-6)4-2-1-3-10-4/h4H,1-3H2. The molecule has 1 unspecified atom stereocenters. The van der Waals surface area contributed by atoms with Crippen LogP contribution in [-0.2, 0) is 4.74 Å². The fourth-order valence-electron chi connectivity index (χ4n) is 1.13. The lowest BCUT2D eigenvalue weighted by atomic mass is 10.2. The average Bonchev–Trinajstić information content (AvgIpc) is 2.55. The van der Waals surface area contributed by atoms with Gasteiger partial charge in [-0.15, -0.1) is 0 Å². The molecule has 2 rings (SSSR count). The highest BCUT2D eigenvalue weighted by atomic mass is 35.5. The quantitative estimate of drug-likeness (QED) is 0.649. The van der Waals surface area contributed by atoms with Crippen molar-refractivity contribution in [2.24, 2.45) is 0 Å². The molecule has 0 amide bonds. The zero-order chi connectivity index (χ0) is 7.68. The molecular formula is C6H7ClN2O2. The summed E-state index contributed by atoms with van der Waals surface area (Å²) in [5, 5.41) is 3.73. The first kappa shape index (κ1) is 7.06. The Morgan fingerprint density at radius 1 is 1.55 bits per heavy atom. The summed E-state index contributed by atoms with van der Waals surface area (Å²) in [4.78, 5) is 3.86. The summed E-state index contributed by atoms with van der Waals surface area (Å²) < 4.78 is 9.91. The van der Waals surface area contributed by atoms with Crippen molar-refractivity contribution in [1.29, 1.82) is 0 Å². The summed E-state index contributed by atoms with van der Waals surface area (Å²) in [6.45, 7) is 0.775. The van der Waals surface area contributed by atoms with E-state index in [1.54, 1.807) is 0 Å². The van der Waals surface area contributed by atoms with E-state index >= 15 is 0 Å². The molecule has 0 N–H and O–H groups in total. The van der Waals surface area contributed by atoms with Crippen LogP contribution in [0.2, 0.25) is 5.35 Å². The van der Waals surface area contributed by atoms with Gasteiger partial charge in [-0.3, -0.25) is 0 Å². The van der Waals surface area contributed by atoms with Gasteiger partial charge in [0, 0.05) is 6.61 Å². The minimum Gasteiger partial charge on any atom is -0.370 e. The van der Waals surface area contributed by atoms with Gasteiger partial charge in [0.2, 0.25) is 5.82 Å². The minimum atomic E-state index is -0.00810. The van der Waals surface area contributed by atoms with Crippen molar-refractivity contribution < 1.29 is 9.26 Å². The van der Waals surface area contributed by atoms with Crippen molar-refractivity contribution in [2.75, 3.05) is 6.61 Å². The maximum absolute atomic E-state index is 5.44. The molecular weight excluding hydrogens is 168 g/mol. The second-order valence-electron chi connectivity index (χ2n) is 2.41. The van der Waals surface area contributed by atoms with Crippen LogP contribution in [0.25, 0.3) is 0 Å². The molecule has 1 aliphatic rings. The molecule has 1 atom stereocenters. The van der Waals surface area contributed by atoms with E-state index in [-0.39, 0.29) is 11.5 Å². The van der Waals surface area contributed by atoms with Gasteiger partial charge in [-0.1, -0.05) is 5.16 Å². The van der Waals surface area contributed by atoms with Gasteiger partial charge in [0.25, 0.3) is 0 Å². The highest BCUT2D eigenvalue weighted by Gasteiger charge is 2.22. The largest absolute Gasteiger partial charge is 0.370 e.